The van der Waals surface area contributed by atoms with Gasteiger partial charge in [-0.3, -0.25) is 14.4 Å². The van der Waals surface area contributed by atoms with Gasteiger partial charge in [0.05, 0.1) is 6.42 Å². The van der Waals surface area contributed by atoms with Crippen molar-refractivity contribution in [2.45, 2.75) is 44.3 Å². The molecule has 0 aromatic rings. The van der Waals surface area contributed by atoms with Crippen molar-refractivity contribution in [1.82, 2.24) is 5.32 Å². The number of carbonyl (C=O) groups is 3. The van der Waals surface area contributed by atoms with Crippen LogP contribution in [0.15, 0.2) is 0 Å². The highest BCUT2D eigenvalue weighted by Gasteiger charge is 2.25. The first-order chi connectivity index (χ1) is 8.23. The molecular formula is C10H18N2O6. The molecule has 0 unspecified atom stereocenters. The van der Waals surface area contributed by atoms with Gasteiger partial charge in [0.1, 0.15) is 12.1 Å². The van der Waals surface area contributed by atoms with Gasteiger partial charge in [0, 0.05) is 6.04 Å². The number of carboxylic acid groups (broad SMARTS) is 3. The van der Waals surface area contributed by atoms with Crippen molar-refractivity contribution >= 4 is 17.9 Å². The lowest BCUT2D eigenvalue weighted by Gasteiger charge is -2.05. The van der Waals surface area contributed by atoms with Gasteiger partial charge in [0.2, 0.25) is 0 Å². The van der Waals surface area contributed by atoms with E-state index in [2.05, 4.69) is 5.32 Å². The van der Waals surface area contributed by atoms with E-state index in [1.165, 1.54) is 0 Å². The second-order valence-electron chi connectivity index (χ2n) is 4.04. The number of nitrogens with two attached hydrogens (primary N) is 1. The molecule has 8 nitrogen and oxygen atoms in total. The first kappa shape index (κ1) is 16.3. The van der Waals surface area contributed by atoms with Crippen LogP contribution in [-0.4, -0.2) is 51.4 Å². The Morgan fingerprint density at radius 3 is 1.94 bits per heavy atom. The van der Waals surface area contributed by atoms with Crippen LogP contribution in [-0.2, 0) is 14.4 Å². The highest BCUT2D eigenvalue weighted by Crippen LogP contribution is 2.19. The summed E-state index contributed by atoms with van der Waals surface area (Å²) in [5.41, 5.74) is 4.84. The molecule has 1 rings (SSSR count). The Hall–Kier alpha value is -1.67. The summed E-state index contributed by atoms with van der Waals surface area (Å²) in [6.07, 6.45) is 1.74. The van der Waals surface area contributed by atoms with Gasteiger partial charge >= 0.3 is 17.9 Å². The van der Waals surface area contributed by atoms with Gasteiger partial charge in [-0.25, -0.2) is 0 Å². The maximum atomic E-state index is 10.2. The summed E-state index contributed by atoms with van der Waals surface area (Å²) in [5.74, 6) is -3.26. The number of nitrogens with one attached hydrogen (secondary N) is 1. The van der Waals surface area contributed by atoms with Crippen LogP contribution in [0.3, 0.4) is 0 Å². The minimum absolute atomic E-state index is 0.377. The Balaban J connectivity index is 0.000000321. The Morgan fingerprint density at radius 1 is 1.22 bits per heavy atom. The number of rotatable bonds is 6. The largest absolute Gasteiger partial charge is 0.481 e. The van der Waals surface area contributed by atoms with E-state index in [9.17, 15) is 14.4 Å². The molecule has 104 valence electrons. The van der Waals surface area contributed by atoms with Crippen LogP contribution in [0.5, 0.6) is 0 Å². The molecule has 0 aliphatic heterocycles. The Morgan fingerprint density at radius 2 is 1.72 bits per heavy atom. The third-order valence-corrected chi connectivity index (χ3v) is 2.15. The highest BCUT2D eigenvalue weighted by molar-refractivity contribution is 5.80. The summed E-state index contributed by atoms with van der Waals surface area (Å²) in [6.45, 7) is 1.67. The third-order valence-electron chi connectivity index (χ3n) is 2.15. The monoisotopic (exact) mass is 262 g/mol. The predicted molar refractivity (Wildman–Crippen MR) is 61.1 cm³/mol. The van der Waals surface area contributed by atoms with E-state index < -0.39 is 30.4 Å². The quantitative estimate of drug-likeness (QED) is 0.412. The van der Waals surface area contributed by atoms with Crippen LogP contribution in [0.2, 0.25) is 0 Å². The lowest BCUT2D eigenvalue weighted by Crippen LogP contribution is -2.35. The predicted octanol–water partition coefficient (Wildman–Crippen LogP) is -0.915. The van der Waals surface area contributed by atoms with E-state index in [0.29, 0.717) is 6.04 Å². The lowest BCUT2D eigenvalue weighted by molar-refractivity contribution is -0.144. The van der Waals surface area contributed by atoms with Gasteiger partial charge < -0.3 is 26.4 Å². The Kier molecular flexibility index (Phi) is 6.91. The van der Waals surface area contributed by atoms with E-state index in [0.717, 1.165) is 12.8 Å². The van der Waals surface area contributed by atoms with Crippen molar-refractivity contribution in [3.05, 3.63) is 0 Å². The fourth-order valence-corrected chi connectivity index (χ4v) is 0.950. The second-order valence-corrected chi connectivity index (χ2v) is 4.04. The van der Waals surface area contributed by atoms with Gasteiger partial charge in [-0.05, 0) is 19.8 Å². The van der Waals surface area contributed by atoms with Crippen LogP contribution < -0.4 is 11.1 Å². The van der Waals surface area contributed by atoms with E-state index in [4.69, 9.17) is 21.1 Å². The normalized spacial score (nSPS) is 17.0. The van der Waals surface area contributed by atoms with Crippen molar-refractivity contribution in [2.75, 3.05) is 0 Å². The average molecular weight is 262 g/mol. The zero-order valence-electron chi connectivity index (χ0n) is 10.00. The molecule has 0 radical (unpaired) electrons. The first-order valence-electron chi connectivity index (χ1n) is 5.43. The molecule has 0 aromatic heterocycles. The van der Waals surface area contributed by atoms with Crippen LogP contribution in [0.4, 0.5) is 0 Å². The van der Waals surface area contributed by atoms with Crippen molar-refractivity contribution < 1.29 is 29.7 Å². The summed E-state index contributed by atoms with van der Waals surface area (Å²) in [6, 6.07) is -1.18. The summed E-state index contributed by atoms with van der Waals surface area (Å²) in [7, 11) is 0. The molecule has 0 aromatic carbocycles. The van der Waals surface area contributed by atoms with Gasteiger partial charge in [0.25, 0.3) is 0 Å². The van der Waals surface area contributed by atoms with Crippen LogP contribution in [0.25, 0.3) is 0 Å². The van der Waals surface area contributed by atoms with E-state index >= 15 is 0 Å². The molecule has 0 saturated heterocycles. The van der Waals surface area contributed by atoms with Crippen molar-refractivity contribution in [3.63, 3.8) is 0 Å². The SMILES string of the molecule is C[C@H](NC1CC1)C(=O)O.N[C@@H](CC(=O)O)C(=O)O. The number of carboxylic acids is 3. The van der Waals surface area contributed by atoms with Crippen molar-refractivity contribution in [1.29, 1.82) is 0 Å². The maximum absolute atomic E-state index is 10.2. The summed E-state index contributed by atoms with van der Waals surface area (Å²) < 4.78 is 0. The van der Waals surface area contributed by atoms with Gasteiger partial charge in [-0.15, -0.1) is 0 Å². The van der Waals surface area contributed by atoms with Crippen molar-refractivity contribution in [3.8, 4) is 0 Å². The van der Waals surface area contributed by atoms with Crippen LogP contribution in [0.1, 0.15) is 26.2 Å². The maximum Gasteiger partial charge on any atom is 0.321 e. The van der Waals surface area contributed by atoms with E-state index in [1.54, 1.807) is 6.92 Å². The van der Waals surface area contributed by atoms with Gasteiger partial charge in [-0.1, -0.05) is 0 Å². The minimum atomic E-state index is -1.29. The number of hydrogen-bond donors (Lipinski definition) is 5. The molecule has 1 fully saturated rings. The molecule has 18 heavy (non-hydrogen) atoms. The molecule has 8 heteroatoms. The molecule has 0 amide bonds. The molecule has 1 aliphatic rings. The lowest BCUT2D eigenvalue weighted by atomic mass is 10.2. The zero-order chi connectivity index (χ0) is 14.3. The smallest absolute Gasteiger partial charge is 0.321 e. The van der Waals surface area contributed by atoms with E-state index in [1.807, 2.05) is 0 Å². The van der Waals surface area contributed by atoms with Gasteiger partial charge in [0.15, 0.2) is 0 Å². The number of hydrogen-bond acceptors (Lipinski definition) is 5. The Labute approximate surface area is 104 Å². The summed E-state index contributed by atoms with van der Waals surface area (Å²) in [5, 5.41) is 27.4. The summed E-state index contributed by atoms with van der Waals surface area (Å²) in [4.78, 5) is 29.8. The third kappa shape index (κ3) is 8.48. The highest BCUT2D eigenvalue weighted by atomic mass is 16.4. The fraction of sp³-hybridized carbons (Fsp3) is 0.700. The molecule has 0 bridgehead atoms. The topological polar surface area (TPSA) is 150 Å². The van der Waals surface area contributed by atoms with Crippen LogP contribution >= 0.6 is 0 Å². The second kappa shape index (κ2) is 7.62. The molecular weight excluding hydrogens is 244 g/mol. The molecule has 0 spiro atoms. The molecule has 6 N–H and O–H groups in total. The molecule has 2 atom stereocenters. The molecule has 0 heterocycles. The minimum Gasteiger partial charge on any atom is -0.481 e. The molecule has 1 aliphatic carbocycles. The standard InChI is InChI=1S/C6H11NO2.C4H7NO4/c1-4(6(8)9)7-5-2-3-5;5-2(4(8)9)1-3(6)7/h4-5,7H,2-3H2,1H3,(H,8,9);2H,1,5H2,(H,6,7)(H,8,9)/t4-;2-/m00/s1. The van der Waals surface area contributed by atoms with Gasteiger partial charge in [-0.2, -0.15) is 0 Å². The van der Waals surface area contributed by atoms with Crippen molar-refractivity contribution in [2.24, 2.45) is 5.73 Å². The molecule has 1 saturated carbocycles. The first-order valence-corrected chi connectivity index (χ1v) is 5.43. The zero-order valence-corrected chi connectivity index (χ0v) is 10.00. The van der Waals surface area contributed by atoms with E-state index in [-0.39, 0.29) is 6.04 Å². The van der Waals surface area contributed by atoms with Crippen LogP contribution in [0, 0.1) is 0 Å². The average Bonchev–Trinajstić information content (AvgIpc) is 3.01. The fourth-order valence-electron chi connectivity index (χ4n) is 0.950. The summed E-state index contributed by atoms with van der Waals surface area (Å²) >= 11 is 0. The number of aliphatic carboxylic acids is 3. The Bertz CT molecular complexity index is 315.